The molecule has 0 aromatic heterocycles. The van der Waals surface area contributed by atoms with Crippen LogP contribution in [0.3, 0.4) is 0 Å². The summed E-state index contributed by atoms with van der Waals surface area (Å²) in [4.78, 5) is 17.1. The number of benzene rings is 1. The highest BCUT2D eigenvalue weighted by molar-refractivity contribution is 5.78. The standard InChI is InChI=1S/C21H30N2O3/c24-18-5-3-17(4-6-18)13-20(25)23-11-7-21(8-12-23)14-19(26-16-21)15-22-9-1-2-10-22/h3-6,19,24H,1-2,7-16H2. The van der Waals surface area contributed by atoms with Gasteiger partial charge in [0.25, 0.3) is 0 Å². The first-order chi connectivity index (χ1) is 12.6. The maximum absolute atomic E-state index is 12.6. The van der Waals surface area contributed by atoms with Crippen molar-refractivity contribution >= 4 is 5.91 Å². The van der Waals surface area contributed by atoms with Gasteiger partial charge in [-0.25, -0.2) is 0 Å². The smallest absolute Gasteiger partial charge is 0.226 e. The second-order valence-electron chi connectivity index (χ2n) is 8.37. The van der Waals surface area contributed by atoms with Crippen LogP contribution in [0, 0.1) is 5.41 Å². The Morgan fingerprint density at radius 3 is 2.50 bits per heavy atom. The minimum atomic E-state index is 0.193. The number of aromatic hydroxyl groups is 1. The van der Waals surface area contributed by atoms with Crippen LogP contribution in [0.15, 0.2) is 24.3 Å². The van der Waals surface area contributed by atoms with Crippen LogP contribution in [0.5, 0.6) is 5.75 Å². The maximum atomic E-state index is 12.6. The number of piperidine rings is 1. The molecule has 1 N–H and O–H groups in total. The lowest BCUT2D eigenvalue weighted by Gasteiger charge is -2.38. The number of phenols is 1. The average Bonchev–Trinajstić information content (AvgIpc) is 3.28. The second-order valence-corrected chi connectivity index (χ2v) is 8.37. The van der Waals surface area contributed by atoms with Gasteiger partial charge in [0.15, 0.2) is 0 Å². The van der Waals surface area contributed by atoms with E-state index in [0.717, 1.165) is 51.1 Å². The molecule has 26 heavy (non-hydrogen) atoms. The Morgan fingerprint density at radius 1 is 1.12 bits per heavy atom. The van der Waals surface area contributed by atoms with Gasteiger partial charge in [-0.15, -0.1) is 0 Å². The fourth-order valence-corrected chi connectivity index (χ4v) is 4.75. The van der Waals surface area contributed by atoms with Crippen LogP contribution in [0.4, 0.5) is 0 Å². The number of phenolic OH excluding ortho intramolecular Hbond substituents is 1. The third-order valence-electron chi connectivity index (χ3n) is 6.41. The number of carbonyl (C=O) groups excluding carboxylic acids is 1. The predicted molar refractivity (Wildman–Crippen MR) is 100 cm³/mol. The Balaban J connectivity index is 1.25. The molecule has 3 aliphatic heterocycles. The first-order valence-corrected chi connectivity index (χ1v) is 10.0. The van der Waals surface area contributed by atoms with E-state index >= 15 is 0 Å². The second kappa shape index (κ2) is 7.57. The molecule has 4 rings (SSSR count). The molecule has 0 aliphatic carbocycles. The lowest BCUT2D eigenvalue weighted by molar-refractivity contribution is -0.132. The highest BCUT2D eigenvalue weighted by Crippen LogP contribution is 2.42. The van der Waals surface area contributed by atoms with E-state index in [1.165, 1.54) is 25.9 Å². The van der Waals surface area contributed by atoms with Crippen LogP contribution in [0.2, 0.25) is 0 Å². The van der Waals surface area contributed by atoms with E-state index < -0.39 is 0 Å². The molecule has 1 spiro atoms. The monoisotopic (exact) mass is 358 g/mol. The molecule has 1 aromatic rings. The molecule has 0 saturated carbocycles. The normalized spacial score (nSPS) is 25.8. The van der Waals surface area contributed by atoms with Gasteiger partial charge < -0.3 is 19.6 Å². The minimum Gasteiger partial charge on any atom is -0.508 e. The van der Waals surface area contributed by atoms with Crippen molar-refractivity contribution in [2.75, 3.05) is 39.3 Å². The molecular weight excluding hydrogens is 328 g/mol. The van der Waals surface area contributed by atoms with Gasteiger partial charge in [-0.2, -0.15) is 0 Å². The van der Waals surface area contributed by atoms with E-state index in [2.05, 4.69) is 4.90 Å². The summed E-state index contributed by atoms with van der Waals surface area (Å²) in [5.41, 5.74) is 1.25. The molecule has 142 valence electrons. The lowest BCUT2D eigenvalue weighted by atomic mass is 9.76. The third kappa shape index (κ3) is 4.04. The minimum absolute atomic E-state index is 0.193. The fraction of sp³-hybridized carbons (Fsp3) is 0.667. The molecule has 0 bridgehead atoms. The predicted octanol–water partition coefficient (Wildman–Crippen LogP) is 2.43. The molecule has 3 fully saturated rings. The van der Waals surface area contributed by atoms with Crippen LogP contribution < -0.4 is 0 Å². The number of carbonyl (C=O) groups is 1. The van der Waals surface area contributed by atoms with Crippen LogP contribution in [0.1, 0.15) is 37.7 Å². The summed E-state index contributed by atoms with van der Waals surface area (Å²) in [6, 6.07) is 6.94. The molecule has 5 nitrogen and oxygen atoms in total. The van der Waals surface area contributed by atoms with Crippen molar-refractivity contribution in [3.8, 4) is 5.75 Å². The van der Waals surface area contributed by atoms with Gasteiger partial charge in [0.05, 0.1) is 19.1 Å². The van der Waals surface area contributed by atoms with Crippen molar-refractivity contribution in [1.82, 2.24) is 9.80 Å². The first-order valence-electron chi connectivity index (χ1n) is 10.0. The van der Waals surface area contributed by atoms with E-state index in [4.69, 9.17) is 4.74 Å². The lowest BCUT2D eigenvalue weighted by Crippen LogP contribution is -2.44. The molecule has 0 radical (unpaired) electrons. The number of hydrogen-bond acceptors (Lipinski definition) is 4. The number of amides is 1. The van der Waals surface area contributed by atoms with Crippen LogP contribution in [0.25, 0.3) is 0 Å². The molecular formula is C21H30N2O3. The molecule has 5 heteroatoms. The molecule has 3 aliphatic rings. The van der Waals surface area contributed by atoms with E-state index in [0.29, 0.717) is 17.9 Å². The summed E-state index contributed by atoms with van der Waals surface area (Å²) in [5, 5.41) is 9.36. The van der Waals surface area contributed by atoms with Crippen LogP contribution in [-0.4, -0.2) is 66.2 Å². The Hall–Kier alpha value is -1.59. The van der Waals surface area contributed by atoms with Gasteiger partial charge in [0.1, 0.15) is 5.75 Å². The number of ether oxygens (including phenoxy) is 1. The van der Waals surface area contributed by atoms with Crippen molar-refractivity contribution in [2.45, 2.75) is 44.6 Å². The molecule has 1 atom stereocenters. The van der Waals surface area contributed by atoms with Gasteiger partial charge in [0, 0.05) is 19.6 Å². The summed E-state index contributed by atoms with van der Waals surface area (Å²) in [7, 11) is 0. The van der Waals surface area contributed by atoms with Crippen molar-refractivity contribution in [3.05, 3.63) is 29.8 Å². The number of rotatable bonds is 4. The SMILES string of the molecule is O=C(Cc1ccc(O)cc1)N1CCC2(CC1)COC(CN1CCCC1)C2. The van der Waals surface area contributed by atoms with Crippen molar-refractivity contribution in [1.29, 1.82) is 0 Å². The summed E-state index contributed by atoms with van der Waals surface area (Å²) in [6.07, 6.45) is 6.74. The van der Waals surface area contributed by atoms with Crippen LogP contribution in [-0.2, 0) is 16.0 Å². The van der Waals surface area contributed by atoms with E-state index in [1.54, 1.807) is 12.1 Å². The zero-order valence-corrected chi connectivity index (χ0v) is 15.5. The van der Waals surface area contributed by atoms with E-state index in [-0.39, 0.29) is 11.7 Å². The number of hydrogen-bond donors (Lipinski definition) is 1. The van der Waals surface area contributed by atoms with Gasteiger partial charge in [-0.1, -0.05) is 12.1 Å². The summed E-state index contributed by atoms with van der Waals surface area (Å²) in [5.74, 6) is 0.434. The zero-order chi connectivity index (χ0) is 18.0. The summed E-state index contributed by atoms with van der Waals surface area (Å²) >= 11 is 0. The quantitative estimate of drug-likeness (QED) is 0.898. The average molecular weight is 358 g/mol. The third-order valence-corrected chi connectivity index (χ3v) is 6.41. The molecule has 3 saturated heterocycles. The molecule has 1 amide bonds. The maximum Gasteiger partial charge on any atom is 0.226 e. The largest absolute Gasteiger partial charge is 0.508 e. The van der Waals surface area contributed by atoms with E-state index in [1.807, 2.05) is 17.0 Å². The first kappa shape index (κ1) is 17.8. The van der Waals surface area contributed by atoms with Gasteiger partial charge in [-0.05, 0) is 68.3 Å². The molecule has 1 unspecified atom stereocenters. The number of likely N-dealkylation sites (tertiary alicyclic amines) is 2. The Bertz CT molecular complexity index is 617. The van der Waals surface area contributed by atoms with Crippen LogP contribution >= 0.6 is 0 Å². The number of nitrogens with zero attached hydrogens (tertiary/aromatic N) is 2. The molecule has 3 heterocycles. The van der Waals surface area contributed by atoms with Gasteiger partial charge in [0.2, 0.25) is 5.91 Å². The highest BCUT2D eigenvalue weighted by atomic mass is 16.5. The zero-order valence-electron chi connectivity index (χ0n) is 15.5. The molecule has 1 aromatic carbocycles. The summed E-state index contributed by atoms with van der Waals surface area (Å²) < 4.78 is 6.14. The Kier molecular flexibility index (Phi) is 5.18. The summed E-state index contributed by atoms with van der Waals surface area (Å²) in [6.45, 7) is 6.10. The van der Waals surface area contributed by atoms with E-state index in [9.17, 15) is 9.90 Å². The van der Waals surface area contributed by atoms with Crippen molar-refractivity contribution in [2.24, 2.45) is 5.41 Å². The van der Waals surface area contributed by atoms with Gasteiger partial charge >= 0.3 is 0 Å². The highest BCUT2D eigenvalue weighted by Gasteiger charge is 2.43. The van der Waals surface area contributed by atoms with Crippen molar-refractivity contribution < 1.29 is 14.6 Å². The van der Waals surface area contributed by atoms with Crippen molar-refractivity contribution in [3.63, 3.8) is 0 Å². The fourth-order valence-electron chi connectivity index (χ4n) is 4.75. The Morgan fingerprint density at radius 2 is 1.81 bits per heavy atom. The topological polar surface area (TPSA) is 53.0 Å². The van der Waals surface area contributed by atoms with Gasteiger partial charge in [-0.3, -0.25) is 4.79 Å². The Labute approximate surface area is 155 Å².